The van der Waals surface area contributed by atoms with E-state index in [1.165, 1.54) is 100 Å². The second-order valence-electron chi connectivity index (χ2n) is 17.6. The molecule has 4 bridgehead atoms. The van der Waals surface area contributed by atoms with Crippen LogP contribution >= 0.6 is 0 Å². The Kier molecular flexibility index (Phi) is 9.54. The molecule has 0 unspecified atom stereocenters. The Morgan fingerprint density at radius 3 is 1.48 bits per heavy atom. The fraction of sp³-hybridized carbons (Fsp3) is 0.115. The van der Waals surface area contributed by atoms with Gasteiger partial charge in [0.05, 0.1) is 0 Å². The largest absolute Gasteiger partial charge is 0.310 e. The third kappa shape index (κ3) is 6.75. The summed E-state index contributed by atoms with van der Waals surface area (Å²) in [6, 6.07) is 79.4. The van der Waals surface area contributed by atoms with Crippen molar-refractivity contribution in [2.75, 3.05) is 4.90 Å². The molecular formula is C61H49N. The predicted molar refractivity (Wildman–Crippen MR) is 262 cm³/mol. The van der Waals surface area contributed by atoms with Crippen LogP contribution in [0, 0.1) is 0 Å². The van der Waals surface area contributed by atoms with Gasteiger partial charge in [-0.15, -0.1) is 0 Å². The van der Waals surface area contributed by atoms with E-state index in [2.05, 4.69) is 231 Å². The first-order chi connectivity index (χ1) is 30.5. The zero-order valence-corrected chi connectivity index (χ0v) is 35.5. The number of aryl methyl sites for hydroxylation is 4. The molecule has 5 aliphatic rings. The molecule has 0 saturated heterocycles. The quantitative estimate of drug-likeness (QED) is 0.155. The Morgan fingerprint density at radius 2 is 0.855 bits per heavy atom. The second-order valence-corrected chi connectivity index (χ2v) is 17.6. The molecule has 9 aromatic rings. The number of rotatable bonds is 7. The van der Waals surface area contributed by atoms with Crippen LogP contribution in [0.2, 0.25) is 0 Å². The smallest absolute Gasteiger partial charge is 0.0496 e. The summed E-state index contributed by atoms with van der Waals surface area (Å²) in [5.74, 6) is 0. The highest BCUT2D eigenvalue weighted by Crippen LogP contribution is 2.55. The van der Waals surface area contributed by atoms with Crippen molar-refractivity contribution in [1.29, 1.82) is 0 Å². The summed E-state index contributed by atoms with van der Waals surface area (Å²) in [4.78, 5) is 2.57. The van der Waals surface area contributed by atoms with E-state index < -0.39 is 0 Å². The molecular weight excluding hydrogens is 747 g/mol. The van der Waals surface area contributed by atoms with Crippen LogP contribution in [-0.2, 0) is 31.1 Å². The van der Waals surface area contributed by atoms with Crippen LogP contribution < -0.4 is 4.90 Å². The van der Waals surface area contributed by atoms with Gasteiger partial charge in [-0.05, 0) is 145 Å². The van der Waals surface area contributed by atoms with Crippen LogP contribution in [0.4, 0.5) is 17.1 Å². The maximum atomic E-state index is 2.57. The van der Waals surface area contributed by atoms with Crippen molar-refractivity contribution in [2.45, 2.75) is 44.9 Å². The van der Waals surface area contributed by atoms with Gasteiger partial charge < -0.3 is 4.90 Å². The van der Waals surface area contributed by atoms with Crippen LogP contribution in [0.15, 0.2) is 212 Å². The van der Waals surface area contributed by atoms with E-state index in [1.54, 1.807) is 0 Å². The van der Waals surface area contributed by atoms with Gasteiger partial charge >= 0.3 is 0 Å². The van der Waals surface area contributed by atoms with Crippen molar-refractivity contribution >= 4 is 17.1 Å². The average Bonchev–Trinajstić information content (AvgIpc) is 3.56. The van der Waals surface area contributed by atoms with Crippen molar-refractivity contribution in [1.82, 2.24) is 0 Å². The standard InChI is InChI=1S/C61H49N/c1-61(2)56-24-13-12-21-54(56)60-55(47-19-10-5-11-20-47)40-51(41-57(60)61)62(58-39-44-30-29-42-25-27-43(28-26-42)31-33-48(58)34-32-44)50-37-35-49(36-38-50)59-52(45-15-6-3-7-16-45)22-14-23-53(59)46-17-8-4-9-18-46/h3-28,32,34-41H,29-31,33H2,1-2H3. The molecule has 0 amide bonds. The van der Waals surface area contributed by atoms with Gasteiger partial charge in [-0.1, -0.05) is 196 Å². The van der Waals surface area contributed by atoms with Crippen LogP contribution in [0.5, 0.6) is 0 Å². The number of fused-ring (bicyclic) bond motifs is 3. The Balaban J connectivity index is 1.14. The SMILES string of the molecule is CC1(C)c2ccccc2-c2c(-c3ccccc3)cc(N(c3ccc(-c4c(-c5ccccc5)cccc4-c4ccccc4)cc3)c3cc4ccc3CCc3ccc(cc3)CC4)cc21. The van der Waals surface area contributed by atoms with Gasteiger partial charge in [0.2, 0.25) is 0 Å². The average molecular weight is 796 g/mol. The minimum absolute atomic E-state index is 0.177. The number of benzene rings is 9. The zero-order chi connectivity index (χ0) is 41.6. The lowest BCUT2D eigenvalue weighted by molar-refractivity contribution is 0.660. The molecule has 298 valence electrons. The van der Waals surface area contributed by atoms with E-state index in [9.17, 15) is 0 Å². The van der Waals surface area contributed by atoms with Crippen molar-refractivity contribution in [3.05, 3.63) is 246 Å². The first-order valence-corrected chi connectivity index (χ1v) is 22.2. The summed E-state index contributed by atoms with van der Waals surface area (Å²) in [5.41, 5.74) is 24.2. The molecule has 0 fully saturated rings. The molecule has 0 aromatic heterocycles. The molecule has 5 aliphatic carbocycles. The molecule has 14 rings (SSSR count). The molecule has 0 atom stereocenters. The highest BCUT2D eigenvalue weighted by atomic mass is 15.1. The highest BCUT2D eigenvalue weighted by molar-refractivity contribution is 5.98. The summed E-state index contributed by atoms with van der Waals surface area (Å²) >= 11 is 0. The molecule has 0 spiro atoms. The van der Waals surface area contributed by atoms with Crippen LogP contribution in [0.25, 0.3) is 55.6 Å². The molecule has 62 heavy (non-hydrogen) atoms. The van der Waals surface area contributed by atoms with Crippen molar-refractivity contribution in [2.24, 2.45) is 0 Å². The van der Waals surface area contributed by atoms with Crippen LogP contribution in [0.1, 0.15) is 47.2 Å². The molecule has 0 saturated carbocycles. The first-order valence-electron chi connectivity index (χ1n) is 22.2. The maximum absolute atomic E-state index is 2.57. The third-order valence-electron chi connectivity index (χ3n) is 13.5. The van der Waals surface area contributed by atoms with Gasteiger partial charge in [0.25, 0.3) is 0 Å². The van der Waals surface area contributed by atoms with Crippen molar-refractivity contribution in [3.63, 3.8) is 0 Å². The van der Waals surface area contributed by atoms with E-state index in [0.29, 0.717) is 0 Å². The van der Waals surface area contributed by atoms with E-state index in [0.717, 1.165) is 31.4 Å². The third-order valence-corrected chi connectivity index (χ3v) is 13.5. The summed E-state index contributed by atoms with van der Waals surface area (Å²) < 4.78 is 0. The Morgan fingerprint density at radius 1 is 0.339 bits per heavy atom. The summed E-state index contributed by atoms with van der Waals surface area (Å²) in [7, 11) is 0. The van der Waals surface area contributed by atoms with E-state index in [1.807, 2.05) is 0 Å². The fourth-order valence-corrected chi connectivity index (χ4v) is 10.2. The van der Waals surface area contributed by atoms with Crippen molar-refractivity contribution < 1.29 is 0 Å². The lowest BCUT2D eigenvalue weighted by Crippen LogP contribution is -2.18. The zero-order valence-electron chi connectivity index (χ0n) is 35.5. The van der Waals surface area contributed by atoms with Gasteiger partial charge in [-0.2, -0.15) is 0 Å². The highest BCUT2D eigenvalue weighted by Gasteiger charge is 2.38. The number of nitrogens with zero attached hydrogens (tertiary/aromatic N) is 1. The molecule has 1 nitrogen and oxygen atoms in total. The number of hydrogen-bond acceptors (Lipinski definition) is 1. The van der Waals surface area contributed by atoms with Crippen LogP contribution in [0.3, 0.4) is 0 Å². The molecule has 9 aromatic carbocycles. The Hall–Kier alpha value is -7.22. The normalized spacial score (nSPS) is 13.5. The Labute approximate surface area is 366 Å². The van der Waals surface area contributed by atoms with Gasteiger partial charge in [0.1, 0.15) is 0 Å². The lowest BCUT2D eigenvalue weighted by atomic mass is 9.81. The number of hydrogen-bond donors (Lipinski definition) is 0. The van der Waals surface area contributed by atoms with Gasteiger partial charge in [-0.3, -0.25) is 0 Å². The van der Waals surface area contributed by atoms with Crippen molar-refractivity contribution in [3.8, 4) is 55.6 Å². The summed E-state index contributed by atoms with van der Waals surface area (Å²) in [6.45, 7) is 4.80. The first kappa shape index (κ1) is 37.8. The fourth-order valence-electron chi connectivity index (χ4n) is 10.2. The van der Waals surface area contributed by atoms with Gasteiger partial charge in [0.15, 0.2) is 0 Å². The molecule has 0 aliphatic heterocycles. The monoisotopic (exact) mass is 795 g/mol. The van der Waals surface area contributed by atoms with Gasteiger partial charge in [-0.25, -0.2) is 0 Å². The van der Waals surface area contributed by atoms with E-state index in [-0.39, 0.29) is 5.41 Å². The molecule has 0 radical (unpaired) electrons. The van der Waals surface area contributed by atoms with Gasteiger partial charge in [0, 0.05) is 22.5 Å². The van der Waals surface area contributed by atoms with E-state index in [4.69, 9.17) is 0 Å². The molecule has 0 heterocycles. The summed E-state index contributed by atoms with van der Waals surface area (Å²) in [5, 5.41) is 0. The molecule has 1 heteroatoms. The van der Waals surface area contributed by atoms with E-state index >= 15 is 0 Å². The lowest BCUT2D eigenvalue weighted by Gasteiger charge is -2.31. The minimum atomic E-state index is -0.177. The topological polar surface area (TPSA) is 3.24 Å². The molecule has 0 N–H and O–H groups in total. The Bertz CT molecular complexity index is 2990. The minimum Gasteiger partial charge on any atom is -0.310 e. The predicted octanol–water partition coefficient (Wildman–Crippen LogP) is 16.0. The maximum Gasteiger partial charge on any atom is 0.0496 e. The summed E-state index contributed by atoms with van der Waals surface area (Å²) in [6.07, 6.45) is 3.93. The van der Waals surface area contributed by atoms with Crippen LogP contribution in [-0.4, -0.2) is 0 Å². The second kappa shape index (κ2) is 15.7. The number of anilines is 3.